The summed E-state index contributed by atoms with van der Waals surface area (Å²) in [5.41, 5.74) is -0.828. The minimum absolute atomic E-state index is 0.0138. The Morgan fingerprint density at radius 1 is 0.909 bits per heavy atom. The van der Waals surface area contributed by atoms with Crippen molar-refractivity contribution in [1.82, 2.24) is 10.6 Å². The molecule has 0 aromatic heterocycles. The number of alkyl halides is 3. The summed E-state index contributed by atoms with van der Waals surface area (Å²) in [4.78, 5) is 37.8. The molecule has 2 amide bonds. The highest BCUT2D eigenvalue weighted by molar-refractivity contribution is 5.89. The molecule has 242 valence electrons. The predicted octanol–water partition coefficient (Wildman–Crippen LogP) is 4.88. The van der Waals surface area contributed by atoms with Gasteiger partial charge in [0.2, 0.25) is 5.91 Å². The Kier molecular flexibility index (Phi) is 12.4. The van der Waals surface area contributed by atoms with Gasteiger partial charge in [0.05, 0.1) is 12.2 Å². The molecule has 0 bridgehead atoms. The van der Waals surface area contributed by atoms with Crippen LogP contribution in [0.5, 0.6) is 5.75 Å². The number of alkyl carbamates (subject to hydrolysis) is 1. The van der Waals surface area contributed by atoms with Crippen LogP contribution in [0, 0.1) is 0 Å². The van der Waals surface area contributed by atoms with Crippen molar-refractivity contribution in [1.29, 1.82) is 0 Å². The lowest BCUT2D eigenvalue weighted by molar-refractivity contribution is -0.165. The topological polar surface area (TPSA) is 132 Å². The molecule has 3 N–H and O–H groups in total. The Labute approximate surface area is 254 Å². The van der Waals surface area contributed by atoms with Crippen LogP contribution >= 0.6 is 0 Å². The monoisotopic (exact) mass is 624 g/mol. The molecular formula is C31H39F3N2O8. The Morgan fingerprint density at radius 3 is 2.07 bits per heavy atom. The zero-order valence-corrected chi connectivity index (χ0v) is 24.9. The normalized spacial score (nSPS) is 16.8. The zero-order valence-electron chi connectivity index (χ0n) is 24.9. The number of carbonyl (C=O) groups is 3. The SMILES string of the molecule is CC(C)(C)OC(=O)N[C@@H](Cc1ccc(OCCOC2CCCCO2)cc1)C(=O)NC(Cc1ccc(C(F)(F)F)cc1)C(=O)O. The second kappa shape index (κ2) is 15.8. The van der Waals surface area contributed by atoms with E-state index in [1.165, 1.54) is 0 Å². The van der Waals surface area contributed by atoms with E-state index in [9.17, 15) is 32.7 Å². The quantitative estimate of drug-likeness (QED) is 0.269. The Hall–Kier alpha value is -3.84. The standard InChI is InChI=1S/C31H39F3N2O8/c1-30(2,3)44-29(40)36-24(18-21-9-13-23(14-10-21)41-16-17-43-26-6-4-5-15-42-26)27(37)35-25(28(38)39)19-20-7-11-22(12-8-20)31(32,33)34/h7-14,24-26H,4-6,15-19H2,1-3H3,(H,35,37)(H,36,40)(H,38,39)/t24-,25?,26?/m0/s1. The summed E-state index contributed by atoms with van der Waals surface area (Å²) in [6, 6.07) is 8.08. The molecule has 1 saturated heterocycles. The summed E-state index contributed by atoms with van der Waals surface area (Å²) < 4.78 is 60.9. The number of rotatable bonds is 13. The van der Waals surface area contributed by atoms with Crippen molar-refractivity contribution in [2.24, 2.45) is 0 Å². The molecule has 1 heterocycles. The fraction of sp³-hybridized carbons (Fsp3) is 0.516. The van der Waals surface area contributed by atoms with Crippen LogP contribution < -0.4 is 15.4 Å². The van der Waals surface area contributed by atoms with E-state index in [-0.39, 0.29) is 24.7 Å². The van der Waals surface area contributed by atoms with Gasteiger partial charge in [-0.05, 0) is 75.4 Å². The molecule has 0 aliphatic carbocycles. The highest BCUT2D eigenvalue weighted by Crippen LogP contribution is 2.29. The third-order valence-corrected chi connectivity index (χ3v) is 6.50. The maximum atomic E-state index is 13.3. The lowest BCUT2D eigenvalue weighted by Crippen LogP contribution is -2.53. The predicted molar refractivity (Wildman–Crippen MR) is 153 cm³/mol. The van der Waals surface area contributed by atoms with Crippen LogP contribution in [0.2, 0.25) is 0 Å². The van der Waals surface area contributed by atoms with Gasteiger partial charge in [0.1, 0.15) is 30.0 Å². The second-order valence-corrected chi connectivity index (χ2v) is 11.4. The van der Waals surface area contributed by atoms with Crippen molar-refractivity contribution in [3.05, 3.63) is 65.2 Å². The van der Waals surface area contributed by atoms with Crippen molar-refractivity contribution in [3.63, 3.8) is 0 Å². The van der Waals surface area contributed by atoms with Crippen molar-refractivity contribution in [2.75, 3.05) is 19.8 Å². The van der Waals surface area contributed by atoms with Crippen LogP contribution in [0.3, 0.4) is 0 Å². The van der Waals surface area contributed by atoms with E-state index in [0.29, 0.717) is 31.1 Å². The number of aliphatic carboxylic acids is 1. The molecule has 3 atom stereocenters. The van der Waals surface area contributed by atoms with Gasteiger partial charge in [0.25, 0.3) is 0 Å². The number of hydrogen-bond acceptors (Lipinski definition) is 7. The first-order valence-corrected chi connectivity index (χ1v) is 14.3. The van der Waals surface area contributed by atoms with Crippen LogP contribution in [0.4, 0.5) is 18.0 Å². The molecule has 0 saturated carbocycles. The molecule has 2 aromatic carbocycles. The average Bonchev–Trinajstić information content (AvgIpc) is 2.94. The van der Waals surface area contributed by atoms with E-state index in [0.717, 1.165) is 43.5 Å². The van der Waals surface area contributed by atoms with Crippen LogP contribution in [0.15, 0.2) is 48.5 Å². The fourth-order valence-corrected chi connectivity index (χ4v) is 4.34. The molecule has 1 aliphatic heterocycles. The molecule has 1 fully saturated rings. The Bertz CT molecular complexity index is 1220. The highest BCUT2D eigenvalue weighted by Gasteiger charge is 2.31. The van der Waals surface area contributed by atoms with E-state index in [2.05, 4.69) is 10.6 Å². The molecule has 2 aromatic rings. The van der Waals surface area contributed by atoms with Gasteiger partial charge in [-0.25, -0.2) is 9.59 Å². The van der Waals surface area contributed by atoms with E-state index in [4.69, 9.17) is 18.9 Å². The van der Waals surface area contributed by atoms with Crippen molar-refractivity contribution < 1.29 is 51.6 Å². The van der Waals surface area contributed by atoms with E-state index in [1.807, 2.05) is 0 Å². The van der Waals surface area contributed by atoms with Gasteiger partial charge in [-0.1, -0.05) is 24.3 Å². The number of carbonyl (C=O) groups excluding carboxylic acids is 2. The lowest BCUT2D eigenvalue weighted by atomic mass is 10.0. The van der Waals surface area contributed by atoms with Crippen molar-refractivity contribution in [3.8, 4) is 5.75 Å². The lowest BCUT2D eigenvalue weighted by Gasteiger charge is -2.25. The number of amides is 2. The number of carboxylic acid groups (broad SMARTS) is 1. The number of ether oxygens (including phenoxy) is 4. The first-order valence-electron chi connectivity index (χ1n) is 14.3. The van der Waals surface area contributed by atoms with Gasteiger partial charge >= 0.3 is 18.2 Å². The van der Waals surface area contributed by atoms with E-state index in [1.54, 1.807) is 45.0 Å². The van der Waals surface area contributed by atoms with Crippen LogP contribution in [0.25, 0.3) is 0 Å². The van der Waals surface area contributed by atoms with Crippen LogP contribution in [-0.2, 0) is 42.8 Å². The molecule has 0 spiro atoms. The summed E-state index contributed by atoms with van der Waals surface area (Å²) in [6.07, 6.45) is -2.99. The average molecular weight is 625 g/mol. The molecule has 2 unspecified atom stereocenters. The molecule has 44 heavy (non-hydrogen) atoms. The summed E-state index contributed by atoms with van der Waals surface area (Å²) >= 11 is 0. The summed E-state index contributed by atoms with van der Waals surface area (Å²) in [7, 11) is 0. The van der Waals surface area contributed by atoms with Gasteiger partial charge in [0.15, 0.2) is 6.29 Å². The molecule has 1 aliphatic rings. The van der Waals surface area contributed by atoms with E-state index >= 15 is 0 Å². The highest BCUT2D eigenvalue weighted by atomic mass is 19.4. The first-order chi connectivity index (χ1) is 20.7. The molecular weight excluding hydrogens is 585 g/mol. The molecule has 10 nitrogen and oxygen atoms in total. The third kappa shape index (κ3) is 12.0. The van der Waals surface area contributed by atoms with E-state index < -0.39 is 47.4 Å². The first kappa shape index (κ1) is 34.6. The third-order valence-electron chi connectivity index (χ3n) is 6.50. The molecule has 3 rings (SSSR count). The van der Waals surface area contributed by atoms with Gasteiger partial charge in [-0.3, -0.25) is 4.79 Å². The van der Waals surface area contributed by atoms with Gasteiger partial charge in [-0.15, -0.1) is 0 Å². The van der Waals surface area contributed by atoms with Gasteiger partial charge in [-0.2, -0.15) is 13.2 Å². The van der Waals surface area contributed by atoms with Gasteiger partial charge in [0, 0.05) is 19.4 Å². The number of hydrogen-bond donors (Lipinski definition) is 3. The minimum atomic E-state index is -4.54. The number of benzene rings is 2. The summed E-state index contributed by atoms with van der Waals surface area (Å²) in [6.45, 7) is 6.30. The van der Waals surface area contributed by atoms with Crippen molar-refractivity contribution in [2.45, 2.75) is 83.0 Å². The fourth-order valence-electron chi connectivity index (χ4n) is 4.34. The Morgan fingerprint density at radius 2 is 1.52 bits per heavy atom. The maximum Gasteiger partial charge on any atom is 0.416 e. The van der Waals surface area contributed by atoms with Crippen LogP contribution in [-0.4, -0.2) is 66.9 Å². The summed E-state index contributed by atoms with van der Waals surface area (Å²) in [5.74, 6) is -1.64. The molecule has 0 radical (unpaired) electrons. The number of halogens is 3. The summed E-state index contributed by atoms with van der Waals surface area (Å²) in [5, 5.41) is 14.6. The smallest absolute Gasteiger partial charge is 0.416 e. The minimum Gasteiger partial charge on any atom is -0.491 e. The number of carboxylic acids is 1. The largest absolute Gasteiger partial charge is 0.491 e. The second-order valence-electron chi connectivity index (χ2n) is 11.4. The maximum absolute atomic E-state index is 13.3. The van der Waals surface area contributed by atoms with Gasteiger partial charge < -0.3 is 34.7 Å². The van der Waals surface area contributed by atoms with Crippen LogP contribution in [0.1, 0.15) is 56.7 Å². The van der Waals surface area contributed by atoms with Crippen molar-refractivity contribution >= 4 is 18.0 Å². The Balaban J connectivity index is 1.64. The number of nitrogens with one attached hydrogen (secondary N) is 2. The molecule has 13 heteroatoms. The zero-order chi connectivity index (χ0) is 32.3.